The van der Waals surface area contributed by atoms with Gasteiger partial charge in [0.15, 0.2) is 0 Å². The molecule has 0 aromatic carbocycles. The third-order valence-corrected chi connectivity index (χ3v) is 4.19. The molecule has 0 aromatic heterocycles. The summed E-state index contributed by atoms with van der Waals surface area (Å²) < 4.78 is 0. The third kappa shape index (κ3) is 5.87. The summed E-state index contributed by atoms with van der Waals surface area (Å²) >= 11 is 0. The zero-order valence-electron chi connectivity index (χ0n) is 12.4. The predicted molar refractivity (Wildman–Crippen MR) is 76.4 cm³/mol. The highest BCUT2D eigenvalue weighted by Gasteiger charge is 2.20. The first kappa shape index (κ1) is 15.0. The third-order valence-electron chi connectivity index (χ3n) is 4.19. The monoisotopic (exact) mass is 240 g/mol. The number of hydrogen-bond acceptors (Lipinski definition) is 2. The SMILES string of the molecule is CCCN(C)CCCN1CCC(C(C)C)CC1. The van der Waals surface area contributed by atoms with E-state index in [-0.39, 0.29) is 0 Å². The van der Waals surface area contributed by atoms with E-state index < -0.39 is 0 Å². The average molecular weight is 240 g/mol. The van der Waals surface area contributed by atoms with Crippen LogP contribution in [0.25, 0.3) is 0 Å². The molecule has 2 heteroatoms. The Morgan fingerprint density at radius 3 is 2.35 bits per heavy atom. The zero-order chi connectivity index (χ0) is 12.7. The lowest BCUT2D eigenvalue weighted by Gasteiger charge is -2.34. The largest absolute Gasteiger partial charge is 0.306 e. The van der Waals surface area contributed by atoms with E-state index in [9.17, 15) is 0 Å². The second kappa shape index (κ2) is 8.10. The molecule has 1 rings (SSSR count). The van der Waals surface area contributed by atoms with Crippen molar-refractivity contribution in [3.8, 4) is 0 Å². The van der Waals surface area contributed by atoms with Crippen LogP contribution in [0, 0.1) is 11.8 Å². The Labute approximate surface area is 108 Å². The maximum absolute atomic E-state index is 2.67. The van der Waals surface area contributed by atoms with Crippen molar-refractivity contribution in [3.63, 3.8) is 0 Å². The molecule has 0 unspecified atom stereocenters. The normalized spacial score (nSPS) is 19.4. The summed E-state index contributed by atoms with van der Waals surface area (Å²) in [5, 5.41) is 0. The first-order valence-corrected chi connectivity index (χ1v) is 7.54. The highest BCUT2D eigenvalue weighted by Crippen LogP contribution is 2.24. The molecule has 0 aromatic rings. The molecule has 0 N–H and O–H groups in total. The molecule has 0 bridgehead atoms. The van der Waals surface area contributed by atoms with Gasteiger partial charge in [-0.05, 0) is 77.3 Å². The van der Waals surface area contributed by atoms with Gasteiger partial charge in [-0.3, -0.25) is 0 Å². The standard InChI is InChI=1S/C15H32N2/c1-5-9-16(4)10-6-11-17-12-7-15(8-13-17)14(2)3/h14-15H,5-13H2,1-4H3. The molecular weight excluding hydrogens is 208 g/mol. The Morgan fingerprint density at radius 1 is 1.18 bits per heavy atom. The Balaban J connectivity index is 2.06. The van der Waals surface area contributed by atoms with Crippen molar-refractivity contribution in [1.82, 2.24) is 9.80 Å². The highest BCUT2D eigenvalue weighted by molar-refractivity contribution is 4.74. The van der Waals surface area contributed by atoms with Crippen LogP contribution in [-0.2, 0) is 0 Å². The highest BCUT2D eigenvalue weighted by atomic mass is 15.1. The lowest BCUT2D eigenvalue weighted by atomic mass is 9.87. The summed E-state index contributed by atoms with van der Waals surface area (Å²) in [6, 6.07) is 0. The van der Waals surface area contributed by atoms with Gasteiger partial charge >= 0.3 is 0 Å². The van der Waals surface area contributed by atoms with Crippen LogP contribution in [0.1, 0.15) is 46.5 Å². The van der Waals surface area contributed by atoms with Crippen LogP contribution in [0.2, 0.25) is 0 Å². The minimum atomic E-state index is 0.882. The summed E-state index contributed by atoms with van der Waals surface area (Å²) in [5.74, 6) is 1.86. The fraction of sp³-hybridized carbons (Fsp3) is 1.00. The van der Waals surface area contributed by atoms with Gasteiger partial charge in [0, 0.05) is 0 Å². The van der Waals surface area contributed by atoms with Crippen molar-refractivity contribution < 1.29 is 0 Å². The number of likely N-dealkylation sites (tertiary alicyclic amines) is 1. The van der Waals surface area contributed by atoms with E-state index in [2.05, 4.69) is 37.6 Å². The van der Waals surface area contributed by atoms with Gasteiger partial charge in [-0.2, -0.15) is 0 Å². The Kier molecular flexibility index (Phi) is 7.14. The molecule has 1 heterocycles. The summed E-state index contributed by atoms with van der Waals surface area (Å²) in [4.78, 5) is 5.12. The van der Waals surface area contributed by atoms with Crippen molar-refractivity contribution in [2.45, 2.75) is 46.5 Å². The molecule has 1 aliphatic heterocycles. The van der Waals surface area contributed by atoms with Crippen LogP contribution in [0.15, 0.2) is 0 Å². The maximum atomic E-state index is 2.67. The summed E-state index contributed by atoms with van der Waals surface area (Å²) in [5.41, 5.74) is 0. The Morgan fingerprint density at radius 2 is 1.82 bits per heavy atom. The summed E-state index contributed by atoms with van der Waals surface area (Å²) in [7, 11) is 2.24. The fourth-order valence-electron chi connectivity index (χ4n) is 2.90. The number of piperidine rings is 1. The van der Waals surface area contributed by atoms with Gasteiger partial charge in [0.05, 0.1) is 0 Å². The van der Waals surface area contributed by atoms with Gasteiger partial charge in [0.25, 0.3) is 0 Å². The Bertz CT molecular complexity index is 183. The van der Waals surface area contributed by atoms with Gasteiger partial charge in [0.2, 0.25) is 0 Å². The van der Waals surface area contributed by atoms with Gasteiger partial charge in [-0.25, -0.2) is 0 Å². The summed E-state index contributed by atoms with van der Waals surface area (Å²) in [6.07, 6.45) is 5.45. The van der Waals surface area contributed by atoms with Gasteiger partial charge in [0.1, 0.15) is 0 Å². The van der Waals surface area contributed by atoms with Crippen molar-refractivity contribution in [3.05, 3.63) is 0 Å². The number of nitrogens with zero attached hydrogens (tertiary/aromatic N) is 2. The van der Waals surface area contributed by atoms with E-state index in [1.165, 1.54) is 58.4 Å². The molecule has 17 heavy (non-hydrogen) atoms. The van der Waals surface area contributed by atoms with Gasteiger partial charge in [-0.1, -0.05) is 20.8 Å². The first-order chi connectivity index (χ1) is 8.13. The second-order valence-electron chi connectivity index (χ2n) is 6.08. The Hall–Kier alpha value is -0.0800. The van der Waals surface area contributed by atoms with Crippen molar-refractivity contribution in [1.29, 1.82) is 0 Å². The zero-order valence-corrected chi connectivity index (χ0v) is 12.4. The van der Waals surface area contributed by atoms with Crippen molar-refractivity contribution >= 4 is 0 Å². The van der Waals surface area contributed by atoms with E-state index in [0.29, 0.717) is 0 Å². The fourth-order valence-corrected chi connectivity index (χ4v) is 2.90. The molecule has 0 amide bonds. The van der Waals surface area contributed by atoms with E-state index in [4.69, 9.17) is 0 Å². The van der Waals surface area contributed by atoms with E-state index >= 15 is 0 Å². The maximum Gasteiger partial charge on any atom is -0.000655 e. The quantitative estimate of drug-likeness (QED) is 0.675. The second-order valence-corrected chi connectivity index (χ2v) is 6.08. The van der Waals surface area contributed by atoms with Crippen LogP contribution in [0.4, 0.5) is 0 Å². The topological polar surface area (TPSA) is 6.48 Å². The average Bonchev–Trinajstić information content (AvgIpc) is 2.30. The van der Waals surface area contributed by atoms with Crippen molar-refractivity contribution in [2.24, 2.45) is 11.8 Å². The minimum absolute atomic E-state index is 0.882. The van der Waals surface area contributed by atoms with E-state index in [1.807, 2.05) is 0 Å². The molecule has 0 radical (unpaired) electrons. The number of hydrogen-bond donors (Lipinski definition) is 0. The van der Waals surface area contributed by atoms with Gasteiger partial charge < -0.3 is 9.80 Å². The molecule has 1 saturated heterocycles. The first-order valence-electron chi connectivity index (χ1n) is 7.54. The molecule has 1 aliphatic rings. The van der Waals surface area contributed by atoms with Crippen LogP contribution in [0.5, 0.6) is 0 Å². The lowest BCUT2D eigenvalue weighted by molar-refractivity contribution is 0.151. The van der Waals surface area contributed by atoms with E-state index in [0.717, 1.165) is 11.8 Å². The van der Waals surface area contributed by atoms with Crippen LogP contribution >= 0.6 is 0 Å². The summed E-state index contributed by atoms with van der Waals surface area (Å²) in [6.45, 7) is 13.5. The molecule has 102 valence electrons. The van der Waals surface area contributed by atoms with Crippen LogP contribution in [-0.4, -0.2) is 49.6 Å². The predicted octanol–water partition coefficient (Wildman–Crippen LogP) is 3.09. The van der Waals surface area contributed by atoms with Gasteiger partial charge in [-0.15, -0.1) is 0 Å². The minimum Gasteiger partial charge on any atom is -0.306 e. The van der Waals surface area contributed by atoms with Crippen LogP contribution < -0.4 is 0 Å². The molecule has 1 fully saturated rings. The molecule has 0 aliphatic carbocycles. The van der Waals surface area contributed by atoms with E-state index in [1.54, 1.807) is 0 Å². The molecular formula is C15H32N2. The molecule has 0 spiro atoms. The molecule has 0 atom stereocenters. The molecule has 0 saturated carbocycles. The van der Waals surface area contributed by atoms with Crippen LogP contribution in [0.3, 0.4) is 0 Å². The van der Waals surface area contributed by atoms with Crippen molar-refractivity contribution in [2.75, 3.05) is 39.8 Å². The molecule has 2 nitrogen and oxygen atoms in total. The number of rotatable bonds is 7. The lowest BCUT2D eigenvalue weighted by Crippen LogP contribution is -2.36. The smallest absolute Gasteiger partial charge is 0.000655 e.